The Morgan fingerprint density at radius 1 is 1.05 bits per heavy atom. The van der Waals surface area contributed by atoms with Crippen LogP contribution in [-0.4, -0.2) is 34.8 Å². The Labute approximate surface area is 126 Å². The van der Waals surface area contributed by atoms with Crippen LogP contribution in [0.3, 0.4) is 0 Å². The molecule has 0 bridgehead atoms. The van der Waals surface area contributed by atoms with Gasteiger partial charge in [-0.3, -0.25) is 4.98 Å². The van der Waals surface area contributed by atoms with Gasteiger partial charge in [-0.1, -0.05) is 0 Å². The van der Waals surface area contributed by atoms with Gasteiger partial charge in [0, 0.05) is 24.7 Å². The molecule has 0 unspecified atom stereocenters. The quantitative estimate of drug-likeness (QED) is 0.739. The largest absolute Gasteiger partial charge is 0.493 e. The standard InChI is InChI=1S/C15H13N3O4/c1-20-12-4-3-10(9-13(12)21-2)22-15(19)18-8-5-11-14(18)17-7-6-16-11/h3-9H,1-2H3. The van der Waals surface area contributed by atoms with Crippen molar-refractivity contribution in [3.63, 3.8) is 0 Å². The van der Waals surface area contributed by atoms with Crippen LogP contribution >= 0.6 is 0 Å². The van der Waals surface area contributed by atoms with E-state index < -0.39 is 6.09 Å². The van der Waals surface area contributed by atoms with Crippen LogP contribution in [0.15, 0.2) is 42.9 Å². The molecule has 0 atom stereocenters. The van der Waals surface area contributed by atoms with E-state index in [2.05, 4.69) is 9.97 Å². The summed E-state index contributed by atoms with van der Waals surface area (Å²) < 4.78 is 16.9. The molecule has 1 aromatic carbocycles. The van der Waals surface area contributed by atoms with E-state index in [0.29, 0.717) is 28.4 Å². The first-order valence-corrected chi connectivity index (χ1v) is 6.45. The van der Waals surface area contributed by atoms with E-state index in [0.717, 1.165) is 0 Å². The van der Waals surface area contributed by atoms with Crippen molar-refractivity contribution < 1.29 is 19.0 Å². The summed E-state index contributed by atoms with van der Waals surface area (Å²) in [5.41, 5.74) is 1.06. The van der Waals surface area contributed by atoms with E-state index in [4.69, 9.17) is 14.2 Å². The number of methoxy groups -OCH3 is 2. The van der Waals surface area contributed by atoms with E-state index >= 15 is 0 Å². The lowest BCUT2D eigenvalue weighted by Crippen LogP contribution is -2.16. The normalized spacial score (nSPS) is 10.5. The third-order valence-electron chi connectivity index (χ3n) is 3.07. The first-order valence-electron chi connectivity index (χ1n) is 6.45. The Bertz CT molecular complexity index is 829. The number of rotatable bonds is 3. The molecular formula is C15H13N3O4. The van der Waals surface area contributed by atoms with Crippen molar-refractivity contribution in [2.45, 2.75) is 0 Å². The Kier molecular flexibility index (Phi) is 3.61. The summed E-state index contributed by atoms with van der Waals surface area (Å²) in [5.74, 6) is 1.37. The minimum Gasteiger partial charge on any atom is -0.493 e. The molecule has 3 rings (SSSR count). The summed E-state index contributed by atoms with van der Waals surface area (Å²) in [6.07, 6.45) is 4.06. The molecule has 0 N–H and O–H groups in total. The van der Waals surface area contributed by atoms with E-state index in [1.165, 1.54) is 25.0 Å². The number of hydrogen-bond donors (Lipinski definition) is 0. The van der Waals surface area contributed by atoms with Crippen molar-refractivity contribution in [2.75, 3.05) is 14.2 Å². The maximum atomic E-state index is 12.2. The van der Waals surface area contributed by atoms with Gasteiger partial charge in [0.15, 0.2) is 17.1 Å². The molecule has 22 heavy (non-hydrogen) atoms. The van der Waals surface area contributed by atoms with Gasteiger partial charge in [0.05, 0.1) is 14.2 Å². The molecule has 0 amide bonds. The zero-order chi connectivity index (χ0) is 15.5. The third-order valence-corrected chi connectivity index (χ3v) is 3.07. The van der Waals surface area contributed by atoms with Gasteiger partial charge in [-0.15, -0.1) is 0 Å². The minimum absolute atomic E-state index is 0.341. The average molecular weight is 299 g/mol. The molecule has 0 radical (unpaired) electrons. The molecule has 0 spiro atoms. The van der Waals surface area contributed by atoms with Crippen LogP contribution in [0.5, 0.6) is 17.2 Å². The summed E-state index contributed by atoms with van der Waals surface area (Å²) in [6.45, 7) is 0. The Balaban J connectivity index is 1.88. The maximum Gasteiger partial charge on any atom is 0.425 e. The number of nitrogens with zero attached hydrogens (tertiary/aromatic N) is 3. The van der Waals surface area contributed by atoms with Crippen LogP contribution in [0.4, 0.5) is 4.79 Å². The average Bonchev–Trinajstić information content (AvgIpc) is 2.98. The zero-order valence-electron chi connectivity index (χ0n) is 12.0. The van der Waals surface area contributed by atoms with Gasteiger partial charge in [-0.2, -0.15) is 0 Å². The SMILES string of the molecule is COc1ccc(OC(=O)n2ccc3nccnc32)cc1OC. The molecule has 0 aliphatic carbocycles. The zero-order valence-corrected chi connectivity index (χ0v) is 12.0. The topological polar surface area (TPSA) is 75.5 Å². The van der Waals surface area contributed by atoms with Crippen LogP contribution < -0.4 is 14.2 Å². The van der Waals surface area contributed by atoms with Crippen molar-refractivity contribution in [3.8, 4) is 17.2 Å². The summed E-state index contributed by atoms with van der Waals surface area (Å²) in [5, 5.41) is 0. The number of aromatic nitrogens is 3. The lowest BCUT2D eigenvalue weighted by molar-refractivity contribution is 0.203. The Hall–Kier alpha value is -3.09. The van der Waals surface area contributed by atoms with Crippen LogP contribution in [0.25, 0.3) is 11.2 Å². The monoisotopic (exact) mass is 299 g/mol. The molecule has 7 heteroatoms. The highest BCUT2D eigenvalue weighted by Gasteiger charge is 2.14. The number of hydrogen-bond acceptors (Lipinski definition) is 6. The second-order valence-electron chi connectivity index (χ2n) is 4.34. The van der Waals surface area contributed by atoms with Crippen molar-refractivity contribution in [1.29, 1.82) is 0 Å². The fourth-order valence-corrected chi connectivity index (χ4v) is 2.04. The molecule has 2 heterocycles. The molecule has 0 fully saturated rings. The van der Waals surface area contributed by atoms with Gasteiger partial charge in [-0.05, 0) is 18.2 Å². The van der Waals surface area contributed by atoms with Crippen LogP contribution in [0.2, 0.25) is 0 Å². The minimum atomic E-state index is -0.581. The van der Waals surface area contributed by atoms with Gasteiger partial charge in [-0.25, -0.2) is 14.3 Å². The number of fused-ring (bicyclic) bond motifs is 1. The summed E-state index contributed by atoms with van der Waals surface area (Å²) in [4.78, 5) is 20.5. The highest BCUT2D eigenvalue weighted by atomic mass is 16.6. The fraction of sp³-hybridized carbons (Fsp3) is 0.133. The highest BCUT2D eigenvalue weighted by Crippen LogP contribution is 2.31. The first kappa shape index (κ1) is 13.9. The van der Waals surface area contributed by atoms with Crippen molar-refractivity contribution in [3.05, 3.63) is 42.9 Å². The number of carbonyl (C=O) groups excluding carboxylic acids is 1. The van der Waals surface area contributed by atoms with Gasteiger partial charge in [0.1, 0.15) is 11.3 Å². The van der Waals surface area contributed by atoms with E-state index in [9.17, 15) is 4.79 Å². The van der Waals surface area contributed by atoms with Gasteiger partial charge >= 0.3 is 6.09 Å². The highest BCUT2D eigenvalue weighted by molar-refractivity contribution is 5.85. The summed E-state index contributed by atoms with van der Waals surface area (Å²) in [7, 11) is 3.05. The van der Waals surface area contributed by atoms with Crippen molar-refractivity contribution >= 4 is 17.3 Å². The Morgan fingerprint density at radius 3 is 2.59 bits per heavy atom. The van der Waals surface area contributed by atoms with Crippen LogP contribution in [0.1, 0.15) is 0 Å². The fourth-order valence-electron chi connectivity index (χ4n) is 2.04. The smallest absolute Gasteiger partial charge is 0.425 e. The molecule has 2 aromatic heterocycles. The first-order chi connectivity index (χ1) is 10.7. The molecule has 3 aromatic rings. The predicted octanol–water partition coefficient (Wildman–Crippen LogP) is 2.50. The van der Waals surface area contributed by atoms with E-state index in [1.807, 2.05) is 0 Å². The van der Waals surface area contributed by atoms with E-state index in [1.54, 1.807) is 36.7 Å². The number of ether oxygens (including phenoxy) is 3. The Morgan fingerprint density at radius 2 is 1.82 bits per heavy atom. The lowest BCUT2D eigenvalue weighted by atomic mass is 10.3. The molecular weight excluding hydrogens is 286 g/mol. The van der Waals surface area contributed by atoms with Crippen molar-refractivity contribution in [1.82, 2.24) is 14.5 Å². The molecule has 112 valence electrons. The molecule has 7 nitrogen and oxygen atoms in total. The van der Waals surface area contributed by atoms with Gasteiger partial charge in [0.2, 0.25) is 0 Å². The van der Waals surface area contributed by atoms with Crippen LogP contribution in [0, 0.1) is 0 Å². The van der Waals surface area contributed by atoms with Gasteiger partial charge in [0.25, 0.3) is 0 Å². The van der Waals surface area contributed by atoms with E-state index in [-0.39, 0.29) is 0 Å². The van der Waals surface area contributed by atoms with Crippen LogP contribution in [-0.2, 0) is 0 Å². The molecule has 0 saturated carbocycles. The van der Waals surface area contributed by atoms with Gasteiger partial charge < -0.3 is 14.2 Å². The molecule has 0 aliphatic rings. The summed E-state index contributed by atoms with van der Waals surface area (Å²) >= 11 is 0. The van der Waals surface area contributed by atoms with Crippen molar-refractivity contribution in [2.24, 2.45) is 0 Å². The third kappa shape index (κ3) is 2.44. The molecule has 0 saturated heterocycles. The maximum absolute atomic E-state index is 12.2. The second kappa shape index (κ2) is 5.72. The predicted molar refractivity (Wildman–Crippen MR) is 78.5 cm³/mol. The number of benzene rings is 1. The second-order valence-corrected chi connectivity index (χ2v) is 4.34. The number of carbonyl (C=O) groups is 1. The summed E-state index contributed by atoms with van der Waals surface area (Å²) in [6, 6.07) is 6.55. The lowest BCUT2D eigenvalue weighted by Gasteiger charge is -2.10. The molecule has 0 aliphatic heterocycles.